The van der Waals surface area contributed by atoms with Crippen LogP contribution >= 0.6 is 0 Å². The first kappa shape index (κ1) is 24.5. The maximum atomic E-state index is 13.6. The number of H-pyrrole nitrogens is 2. The highest BCUT2D eigenvalue weighted by Crippen LogP contribution is 2.53. The SMILES string of the molecule is CCCCc1cccc2[nH]c(C)c(C3(c4c(C)[nH]c5cccc(CCCC)c45)OC(=O)c4ccccc43)c12. The Bertz CT molecular complexity index is 1580. The van der Waals surface area contributed by atoms with Crippen molar-refractivity contribution in [3.8, 4) is 0 Å². The van der Waals surface area contributed by atoms with Gasteiger partial charge in [-0.15, -0.1) is 0 Å². The van der Waals surface area contributed by atoms with Crippen LogP contribution < -0.4 is 0 Å². The molecule has 3 aromatic carbocycles. The minimum Gasteiger partial charge on any atom is -0.440 e. The van der Waals surface area contributed by atoms with Crippen LogP contribution in [0, 0.1) is 13.8 Å². The molecular formula is C34H36N2O2. The van der Waals surface area contributed by atoms with E-state index in [0.717, 1.165) is 77.6 Å². The average Bonchev–Trinajstić information content (AvgIpc) is 3.55. The highest BCUT2D eigenvalue weighted by Gasteiger charge is 2.53. The van der Waals surface area contributed by atoms with Gasteiger partial charge in [0.05, 0.1) is 5.56 Å². The van der Waals surface area contributed by atoms with Gasteiger partial charge in [-0.3, -0.25) is 0 Å². The Kier molecular flexibility index (Phi) is 6.14. The summed E-state index contributed by atoms with van der Waals surface area (Å²) < 4.78 is 6.73. The topological polar surface area (TPSA) is 57.9 Å². The van der Waals surface area contributed by atoms with Crippen LogP contribution in [0.25, 0.3) is 21.8 Å². The Labute approximate surface area is 224 Å². The molecule has 0 amide bonds. The molecule has 4 heteroatoms. The average molecular weight is 505 g/mol. The van der Waals surface area contributed by atoms with Crippen LogP contribution in [0.5, 0.6) is 0 Å². The van der Waals surface area contributed by atoms with E-state index in [-0.39, 0.29) is 5.97 Å². The molecular weight excluding hydrogens is 468 g/mol. The molecule has 0 aliphatic carbocycles. The molecule has 0 bridgehead atoms. The quantitative estimate of drug-likeness (QED) is 0.208. The zero-order valence-corrected chi connectivity index (χ0v) is 22.8. The summed E-state index contributed by atoms with van der Waals surface area (Å²) in [5.41, 5.74) is 9.49. The molecule has 2 aromatic heterocycles. The lowest BCUT2D eigenvalue weighted by Crippen LogP contribution is -2.31. The number of hydrogen-bond acceptors (Lipinski definition) is 2. The molecule has 2 N–H and O–H groups in total. The zero-order valence-electron chi connectivity index (χ0n) is 22.8. The van der Waals surface area contributed by atoms with Crippen LogP contribution in [0.15, 0.2) is 60.7 Å². The molecule has 0 radical (unpaired) electrons. The monoisotopic (exact) mass is 504 g/mol. The molecule has 5 aromatic rings. The first-order chi connectivity index (χ1) is 18.5. The summed E-state index contributed by atoms with van der Waals surface area (Å²) in [5.74, 6) is -0.264. The fraction of sp³-hybridized carbons (Fsp3) is 0.324. The van der Waals surface area contributed by atoms with Crippen LogP contribution in [0.4, 0.5) is 0 Å². The Morgan fingerprint density at radius 2 is 1.24 bits per heavy atom. The molecule has 4 nitrogen and oxygen atoms in total. The number of fused-ring (bicyclic) bond motifs is 3. The second kappa shape index (κ2) is 9.50. The second-order valence-corrected chi connectivity index (χ2v) is 10.8. The molecule has 0 saturated heterocycles. The van der Waals surface area contributed by atoms with Crippen molar-refractivity contribution in [2.24, 2.45) is 0 Å². The summed E-state index contributed by atoms with van der Waals surface area (Å²) in [5, 5.41) is 2.37. The molecule has 0 spiro atoms. The standard InChI is InChI=1S/C34H36N2O2/c1-5-7-13-23-15-11-19-27-29(23)31(21(3)35-27)34(26-18-10-9-17-25(26)33(37)38-34)32-22(4)36-28-20-12-16-24(30(28)32)14-8-6-2/h9-12,15-20,35-36H,5-8,13-14H2,1-4H3. The Morgan fingerprint density at radius 3 is 1.76 bits per heavy atom. The van der Waals surface area contributed by atoms with Gasteiger partial charge in [-0.2, -0.15) is 0 Å². The van der Waals surface area contributed by atoms with Crippen molar-refractivity contribution in [2.75, 3.05) is 0 Å². The predicted molar refractivity (Wildman–Crippen MR) is 155 cm³/mol. The van der Waals surface area contributed by atoms with E-state index in [1.165, 1.54) is 21.9 Å². The van der Waals surface area contributed by atoms with Gasteiger partial charge in [0, 0.05) is 49.9 Å². The van der Waals surface area contributed by atoms with Gasteiger partial charge in [0.1, 0.15) is 0 Å². The van der Waals surface area contributed by atoms with Crippen LogP contribution in [-0.2, 0) is 23.2 Å². The lowest BCUT2D eigenvalue weighted by molar-refractivity contribution is 0.0256. The number of aromatic amines is 2. The fourth-order valence-electron chi connectivity index (χ4n) is 6.65. The molecule has 0 saturated carbocycles. The molecule has 0 atom stereocenters. The maximum absolute atomic E-state index is 13.6. The van der Waals surface area contributed by atoms with Crippen molar-refractivity contribution in [2.45, 2.75) is 71.8 Å². The smallest absolute Gasteiger partial charge is 0.340 e. The largest absolute Gasteiger partial charge is 0.440 e. The van der Waals surface area contributed by atoms with Crippen LogP contribution in [-0.4, -0.2) is 15.9 Å². The molecule has 0 unspecified atom stereocenters. The van der Waals surface area contributed by atoms with Gasteiger partial charge in [-0.05, 0) is 68.9 Å². The zero-order chi connectivity index (χ0) is 26.4. The number of cyclic esters (lactones) is 1. The van der Waals surface area contributed by atoms with E-state index in [1.54, 1.807) is 0 Å². The van der Waals surface area contributed by atoms with E-state index in [2.05, 4.69) is 80.1 Å². The summed E-state index contributed by atoms with van der Waals surface area (Å²) in [4.78, 5) is 21.0. The lowest BCUT2D eigenvalue weighted by Gasteiger charge is -2.32. The summed E-state index contributed by atoms with van der Waals surface area (Å²) in [7, 11) is 0. The molecule has 0 fully saturated rings. The van der Waals surface area contributed by atoms with Gasteiger partial charge < -0.3 is 14.7 Å². The van der Waals surface area contributed by atoms with Gasteiger partial charge in [-0.25, -0.2) is 4.79 Å². The van der Waals surface area contributed by atoms with Gasteiger partial charge in [-0.1, -0.05) is 69.2 Å². The van der Waals surface area contributed by atoms with E-state index >= 15 is 0 Å². The maximum Gasteiger partial charge on any atom is 0.340 e. The van der Waals surface area contributed by atoms with Gasteiger partial charge in [0.2, 0.25) is 0 Å². The minimum absolute atomic E-state index is 0.264. The fourth-order valence-corrected chi connectivity index (χ4v) is 6.65. The first-order valence-electron chi connectivity index (χ1n) is 14.0. The number of rotatable bonds is 8. The van der Waals surface area contributed by atoms with Crippen molar-refractivity contribution >= 4 is 27.8 Å². The Hall–Kier alpha value is -3.79. The van der Waals surface area contributed by atoms with Crippen molar-refractivity contribution in [1.82, 2.24) is 9.97 Å². The predicted octanol–water partition coefficient (Wildman–Crippen LogP) is 8.41. The van der Waals surface area contributed by atoms with Gasteiger partial charge in [0.25, 0.3) is 0 Å². The third-order valence-electron chi connectivity index (χ3n) is 8.27. The molecule has 194 valence electrons. The normalized spacial score (nSPS) is 14.4. The van der Waals surface area contributed by atoms with E-state index in [4.69, 9.17) is 4.74 Å². The van der Waals surface area contributed by atoms with Crippen molar-refractivity contribution in [3.05, 3.63) is 105 Å². The van der Waals surface area contributed by atoms with Gasteiger partial charge >= 0.3 is 5.97 Å². The molecule has 38 heavy (non-hydrogen) atoms. The third-order valence-corrected chi connectivity index (χ3v) is 8.27. The van der Waals surface area contributed by atoms with E-state index in [0.29, 0.717) is 5.56 Å². The number of carbonyl (C=O) groups is 1. The number of unbranched alkanes of at least 4 members (excludes halogenated alkanes) is 2. The Balaban J connectivity index is 1.77. The van der Waals surface area contributed by atoms with Crippen LogP contribution in [0.1, 0.15) is 89.1 Å². The minimum atomic E-state index is -1.05. The third kappa shape index (κ3) is 3.53. The number of carbonyl (C=O) groups excluding carboxylic acids is 1. The van der Waals surface area contributed by atoms with Crippen LogP contribution in [0.3, 0.4) is 0 Å². The van der Waals surface area contributed by atoms with Crippen molar-refractivity contribution in [3.63, 3.8) is 0 Å². The second-order valence-electron chi connectivity index (χ2n) is 10.8. The summed E-state index contributed by atoms with van der Waals surface area (Å²) in [6, 6.07) is 21.0. The number of aryl methyl sites for hydroxylation is 4. The van der Waals surface area contributed by atoms with E-state index in [1.807, 2.05) is 18.2 Å². The highest BCUT2D eigenvalue weighted by molar-refractivity contribution is 6.02. The van der Waals surface area contributed by atoms with Crippen molar-refractivity contribution in [1.29, 1.82) is 0 Å². The van der Waals surface area contributed by atoms with E-state index in [9.17, 15) is 4.79 Å². The molecule has 6 rings (SSSR count). The first-order valence-corrected chi connectivity index (χ1v) is 14.0. The number of nitrogens with one attached hydrogen (secondary N) is 2. The summed E-state index contributed by atoms with van der Waals surface area (Å²) >= 11 is 0. The molecule has 1 aliphatic heterocycles. The number of aromatic nitrogens is 2. The lowest BCUT2D eigenvalue weighted by atomic mass is 9.76. The Morgan fingerprint density at radius 1 is 0.711 bits per heavy atom. The number of ether oxygens (including phenoxy) is 1. The van der Waals surface area contributed by atoms with Gasteiger partial charge in [0.15, 0.2) is 5.60 Å². The number of hydrogen-bond donors (Lipinski definition) is 2. The van der Waals surface area contributed by atoms with Crippen molar-refractivity contribution < 1.29 is 9.53 Å². The summed E-state index contributed by atoms with van der Waals surface area (Å²) in [6.45, 7) is 8.70. The molecule has 3 heterocycles. The number of benzene rings is 3. The van der Waals surface area contributed by atoms with E-state index < -0.39 is 5.60 Å². The summed E-state index contributed by atoms with van der Waals surface area (Å²) in [6.07, 6.45) is 6.44. The van der Waals surface area contributed by atoms with Crippen LogP contribution in [0.2, 0.25) is 0 Å². The number of esters is 1. The highest BCUT2D eigenvalue weighted by atomic mass is 16.6. The molecule has 1 aliphatic rings.